The maximum Gasteiger partial charge on any atom is 0.335 e. The second-order valence-electron chi connectivity index (χ2n) is 7.43. The standard InChI is InChI=1S/C22H20N4O3/c1-12-6-2-5-9-16(12)26-21(28)17(20(27)25-22(26)29)19-18-14(10-11-23-19)13-7-3-4-8-15(13)24-18/h2-9,19,23-24,28H,10-11H2,1H3,(H,25,27,29)/p+1/t19-/m0/s1. The Balaban J connectivity index is 1.77. The van der Waals surface area contributed by atoms with E-state index in [0.717, 1.165) is 40.7 Å². The van der Waals surface area contributed by atoms with Crippen LogP contribution in [0, 0.1) is 6.92 Å². The van der Waals surface area contributed by atoms with Crippen LogP contribution in [0.3, 0.4) is 0 Å². The van der Waals surface area contributed by atoms with E-state index in [0.29, 0.717) is 5.69 Å². The SMILES string of the molecule is Cc1ccccc1-n1c(O)c([C@@H]2[NH2+]CCc3c2[nH]c2ccccc32)c(=O)[nH]c1=O. The number of quaternary nitrogens is 1. The third-order valence-electron chi connectivity index (χ3n) is 5.74. The van der Waals surface area contributed by atoms with Crippen molar-refractivity contribution in [1.82, 2.24) is 14.5 Å². The van der Waals surface area contributed by atoms with Crippen molar-refractivity contribution in [3.8, 4) is 11.6 Å². The molecule has 0 bridgehead atoms. The Hall–Kier alpha value is -3.58. The molecule has 4 aromatic rings. The van der Waals surface area contributed by atoms with Gasteiger partial charge >= 0.3 is 5.69 Å². The molecule has 0 saturated heterocycles. The van der Waals surface area contributed by atoms with Crippen LogP contribution in [-0.2, 0) is 6.42 Å². The molecule has 2 aromatic heterocycles. The Labute approximate surface area is 165 Å². The Morgan fingerprint density at radius 2 is 1.83 bits per heavy atom. The quantitative estimate of drug-likeness (QED) is 0.414. The topological polar surface area (TPSA) is 107 Å². The Morgan fingerprint density at radius 1 is 1.07 bits per heavy atom. The number of aryl methyl sites for hydroxylation is 1. The summed E-state index contributed by atoms with van der Waals surface area (Å²) in [6.45, 7) is 2.64. The fourth-order valence-electron chi connectivity index (χ4n) is 4.39. The van der Waals surface area contributed by atoms with Crippen LogP contribution < -0.4 is 16.6 Å². The number of rotatable bonds is 2. The molecule has 3 heterocycles. The lowest BCUT2D eigenvalue weighted by Crippen LogP contribution is -2.87. The number of fused-ring (bicyclic) bond motifs is 3. The Bertz CT molecular complexity index is 1360. The van der Waals surface area contributed by atoms with Crippen LogP contribution in [0.15, 0.2) is 58.1 Å². The molecule has 0 aliphatic carbocycles. The number of hydrogen-bond acceptors (Lipinski definition) is 3. The molecule has 29 heavy (non-hydrogen) atoms. The molecule has 2 aromatic carbocycles. The van der Waals surface area contributed by atoms with Gasteiger partial charge in [0.25, 0.3) is 5.56 Å². The van der Waals surface area contributed by atoms with Crippen LogP contribution in [0.4, 0.5) is 0 Å². The van der Waals surface area contributed by atoms with E-state index in [4.69, 9.17) is 0 Å². The van der Waals surface area contributed by atoms with Gasteiger partial charge in [0.05, 0.1) is 17.9 Å². The van der Waals surface area contributed by atoms with Gasteiger partial charge in [-0.05, 0) is 30.2 Å². The minimum atomic E-state index is -0.654. The number of H-pyrrole nitrogens is 2. The predicted octanol–water partition coefficient (Wildman–Crippen LogP) is 1.23. The number of para-hydroxylation sites is 2. The molecule has 0 unspecified atom stereocenters. The number of hydrogen-bond donors (Lipinski definition) is 4. The number of nitrogens with two attached hydrogens (primary N) is 1. The number of nitrogens with one attached hydrogen (secondary N) is 2. The molecule has 0 radical (unpaired) electrons. The summed E-state index contributed by atoms with van der Waals surface area (Å²) in [6, 6.07) is 14.9. The van der Waals surface area contributed by atoms with Gasteiger partial charge in [0, 0.05) is 17.3 Å². The van der Waals surface area contributed by atoms with Crippen LogP contribution in [0.25, 0.3) is 16.6 Å². The van der Waals surface area contributed by atoms with E-state index in [-0.39, 0.29) is 11.4 Å². The summed E-state index contributed by atoms with van der Waals surface area (Å²) in [7, 11) is 0. The molecule has 0 fully saturated rings. The maximum atomic E-state index is 12.8. The van der Waals surface area contributed by atoms with Gasteiger partial charge in [0.2, 0.25) is 5.88 Å². The van der Waals surface area contributed by atoms with Crippen molar-refractivity contribution in [3.05, 3.63) is 91.8 Å². The fraction of sp³-hybridized carbons (Fsp3) is 0.182. The zero-order valence-electron chi connectivity index (χ0n) is 15.9. The van der Waals surface area contributed by atoms with E-state index in [1.165, 1.54) is 4.57 Å². The van der Waals surface area contributed by atoms with Crippen LogP contribution in [-0.4, -0.2) is 26.2 Å². The highest BCUT2D eigenvalue weighted by molar-refractivity contribution is 5.85. The molecule has 5 rings (SSSR count). The summed E-state index contributed by atoms with van der Waals surface area (Å²) >= 11 is 0. The van der Waals surface area contributed by atoms with Gasteiger partial charge < -0.3 is 15.4 Å². The summed E-state index contributed by atoms with van der Waals surface area (Å²) in [5, 5.41) is 14.2. The summed E-state index contributed by atoms with van der Waals surface area (Å²) in [6.07, 6.45) is 0.867. The molecule has 0 spiro atoms. The molecule has 7 nitrogen and oxygen atoms in total. The Morgan fingerprint density at radius 3 is 2.66 bits per heavy atom. The van der Waals surface area contributed by atoms with Gasteiger partial charge in [-0.15, -0.1) is 0 Å². The lowest BCUT2D eigenvalue weighted by atomic mass is 9.95. The van der Waals surface area contributed by atoms with Crippen LogP contribution >= 0.6 is 0 Å². The summed E-state index contributed by atoms with van der Waals surface area (Å²) in [5.41, 5.74) is 3.38. The van der Waals surface area contributed by atoms with Gasteiger partial charge in [-0.2, -0.15) is 0 Å². The van der Waals surface area contributed by atoms with E-state index in [1.807, 2.05) is 42.6 Å². The van der Waals surface area contributed by atoms with E-state index < -0.39 is 17.3 Å². The third kappa shape index (κ3) is 2.62. The van der Waals surface area contributed by atoms with Gasteiger partial charge in [0.15, 0.2) is 6.04 Å². The van der Waals surface area contributed by atoms with Crippen molar-refractivity contribution >= 4 is 10.9 Å². The highest BCUT2D eigenvalue weighted by Crippen LogP contribution is 2.32. The van der Waals surface area contributed by atoms with E-state index in [1.54, 1.807) is 12.1 Å². The lowest BCUT2D eigenvalue weighted by molar-refractivity contribution is -0.690. The minimum absolute atomic E-state index is 0.181. The zero-order chi connectivity index (χ0) is 20.1. The third-order valence-corrected chi connectivity index (χ3v) is 5.74. The average Bonchev–Trinajstić information content (AvgIpc) is 3.09. The fourth-order valence-corrected chi connectivity index (χ4v) is 4.39. The monoisotopic (exact) mass is 389 g/mol. The van der Waals surface area contributed by atoms with E-state index in [9.17, 15) is 14.7 Å². The summed E-state index contributed by atoms with van der Waals surface area (Å²) in [5.74, 6) is -0.319. The van der Waals surface area contributed by atoms with Crippen molar-refractivity contribution in [2.45, 2.75) is 19.4 Å². The van der Waals surface area contributed by atoms with Crippen LogP contribution in [0.2, 0.25) is 0 Å². The zero-order valence-corrected chi connectivity index (χ0v) is 15.9. The number of aromatic hydroxyl groups is 1. The van der Waals surface area contributed by atoms with Crippen molar-refractivity contribution in [1.29, 1.82) is 0 Å². The molecule has 0 saturated carbocycles. The minimum Gasteiger partial charge on any atom is -0.494 e. The molecule has 5 N–H and O–H groups in total. The van der Waals surface area contributed by atoms with Gasteiger partial charge in [-0.3, -0.25) is 9.78 Å². The molecule has 0 amide bonds. The predicted molar refractivity (Wildman–Crippen MR) is 110 cm³/mol. The number of aromatic amines is 2. The second kappa shape index (κ2) is 6.49. The number of nitrogens with zero attached hydrogens (tertiary/aromatic N) is 1. The maximum absolute atomic E-state index is 12.8. The molecular weight excluding hydrogens is 368 g/mol. The first-order chi connectivity index (χ1) is 14.1. The highest BCUT2D eigenvalue weighted by atomic mass is 16.3. The van der Waals surface area contributed by atoms with Gasteiger partial charge in [0.1, 0.15) is 5.56 Å². The molecule has 146 valence electrons. The summed E-state index contributed by atoms with van der Waals surface area (Å²) < 4.78 is 1.18. The van der Waals surface area contributed by atoms with Gasteiger partial charge in [-0.1, -0.05) is 36.4 Å². The van der Waals surface area contributed by atoms with Crippen LogP contribution in [0.5, 0.6) is 5.88 Å². The second-order valence-corrected chi connectivity index (χ2v) is 7.43. The first kappa shape index (κ1) is 17.5. The molecule has 1 aliphatic heterocycles. The van der Waals surface area contributed by atoms with Crippen LogP contribution in [0.1, 0.15) is 28.4 Å². The average molecular weight is 389 g/mol. The molecule has 1 atom stereocenters. The highest BCUT2D eigenvalue weighted by Gasteiger charge is 2.34. The smallest absolute Gasteiger partial charge is 0.335 e. The van der Waals surface area contributed by atoms with Crippen molar-refractivity contribution in [2.24, 2.45) is 0 Å². The van der Waals surface area contributed by atoms with Crippen molar-refractivity contribution in [2.75, 3.05) is 6.54 Å². The molecular formula is C22H21N4O3+. The number of benzene rings is 2. The molecule has 1 aliphatic rings. The van der Waals surface area contributed by atoms with Crippen molar-refractivity contribution < 1.29 is 10.4 Å². The van der Waals surface area contributed by atoms with E-state index in [2.05, 4.69) is 16.0 Å². The summed E-state index contributed by atoms with van der Waals surface area (Å²) in [4.78, 5) is 31.2. The lowest BCUT2D eigenvalue weighted by Gasteiger charge is -2.22. The number of aromatic nitrogens is 3. The van der Waals surface area contributed by atoms with E-state index >= 15 is 0 Å². The van der Waals surface area contributed by atoms with Gasteiger partial charge in [-0.25, -0.2) is 9.36 Å². The largest absolute Gasteiger partial charge is 0.494 e. The van der Waals surface area contributed by atoms with Crippen molar-refractivity contribution in [3.63, 3.8) is 0 Å². The molecule has 7 heteroatoms. The normalized spacial score (nSPS) is 16.1. The first-order valence-corrected chi connectivity index (χ1v) is 9.63. The first-order valence-electron chi connectivity index (χ1n) is 9.63. The Kier molecular flexibility index (Phi) is 3.92.